The second-order valence-corrected chi connectivity index (χ2v) is 3.61. The van der Waals surface area contributed by atoms with Gasteiger partial charge in [0.25, 0.3) is 0 Å². The Hall–Kier alpha value is -2.03. The number of hydrogen-bond acceptors (Lipinski definition) is 2. The third kappa shape index (κ3) is 1.98. The molecule has 82 valence electrons. The summed E-state index contributed by atoms with van der Waals surface area (Å²) in [7, 11) is 1.75. The SMILES string of the molecule is CC(=O)N(C)c1cccc(-c2ccco2)c1. The molecule has 0 fully saturated rings. The van der Waals surface area contributed by atoms with Gasteiger partial charge in [0, 0.05) is 25.2 Å². The molecule has 2 aromatic rings. The van der Waals surface area contributed by atoms with Crippen molar-refractivity contribution in [3.8, 4) is 11.3 Å². The largest absolute Gasteiger partial charge is 0.464 e. The Morgan fingerprint density at radius 3 is 2.69 bits per heavy atom. The van der Waals surface area contributed by atoms with Crippen molar-refractivity contribution in [2.75, 3.05) is 11.9 Å². The molecule has 0 unspecified atom stereocenters. The van der Waals surface area contributed by atoms with E-state index in [0.29, 0.717) is 0 Å². The van der Waals surface area contributed by atoms with Crippen molar-refractivity contribution in [1.82, 2.24) is 0 Å². The number of carbonyl (C=O) groups excluding carboxylic acids is 1. The van der Waals surface area contributed by atoms with E-state index in [9.17, 15) is 4.79 Å². The number of rotatable bonds is 2. The van der Waals surface area contributed by atoms with Crippen LogP contribution in [-0.2, 0) is 4.79 Å². The van der Waals surface area contributed by atoms with Crippen LogP contribution in [0.5, 0.6) is 0 Å². The molecule has 3 nitrogen and oxygen atoms in total. The summed E-state index contributed by atoms with van der Waals surface area (Å²) in [6.07, 6.45) is 1.64. The predicted molar refractivity (Wildman–Crippen MR) is 63.2 cm³/mol. The summed E-state index contributed by atoms with van der Waals surface area (Å²) in [5.74, 6) is 0.815. The Kier molecular flexibility index (Phi) is 2.77. The van der Waals surface area contributed by atoms with Gasteiger partial charge in [-0.2, -0.15) is 0 Å². The maximum atomic E-state index is 11.2. The van der Waals surface area contributed by atoms with Crippen LogP contribution in [0.3, 0.4) is 0 Å². The minimum Gasteiger partial charge on any atom is -0.464 e. The number of carbonyl (C=O) groups is 1. The highest BCUT2D eigenvalue weighted by Gasteiger charge is 2.07. The summed E-state index contributed by atoms with van der Waals surface area (Å²) in [4.78, 5) is 12.8. The molecule has 0 saturated heterocycles. The average Bonchev–Trinajstić information content (AvgIpc) is 2.81. The van der Waals surface area contributed by atoms with Crippen LogP contribution in [0, 0.1) is 0 Å². The zero-order valence-electron chi connectivity index (χ0n) is 9.31. The molecule has 0 bridgehead atoms. The molecular formula is C13H13NO2. The molecule has 0 saturated carbocycles. The Morgan fingerprint density at radius 2 is 2.06 bits per heavy atom. The molecule has 0 aliphatic heterocycles. The number of furan rings is 1. The molecule has 16 heavy (non-hydrogen) atoms. The molecular weight excluding hydrogens is 202 g/mol. The van der Waals surface area contributed by atoms with Crippen LogP contribution in [0.4, 0.5) is 5.69 Å². The molecule has 0 N–H and O–H groups in total. The van der Waals surface area contributed by atoms with E-state index in [1.165, 1.54) is 0 Å². The first-order chi connectivity index (χ1) is 7.68. The third-order valence-corrected chi connectivity index (χ3v) is 2.51. The van der Waals surface area contributed by atoms with Gasteiger partial charge in [0.1, 0.15) is 5.76 Å². The summed E-state index contributed by atoms with van der Waals surface area (Å²) < 4.78 is 5.31. The quantitative estimate of drug-likeness (QED) is 0.771. The molecule has 0 aliphatic rings. The van der Waals surface area contributed by atoms with E-state index in [-0.39, 0.29) is 5.91 Å². The lowest BCUT2D eigenvalue weighted by molar-refractivity contribution is -0.116. The van der Waals surface area contributed by atoms with Crippen molar-refractivity contribution in [3.63, 3.8) is 0 Å². The fourth-order valence-electron chi connectivity index (χ4n) is 1.49. The van der Waals surface area contributed by atoms with Crippen molar-refractivity contribution in [2.45, 2.75) is 6.92 Å². The standard InChI is InChI=1S/C13H13NO2/c1-10(15)14(2)12-6-3-5-11(9-12)13-7-4-8-16-13/h3-9H,1-2H3. The summed E-state index contributed by atoms with van der Waals surface area (Å²) in [5.41, 5.74) is 1.83. The van der Waals surface area contributed by atoms with Crippen LogP contribution in [0.1, 0.15) is 6.92 Å². The van der Waals surface area contributed by atoms with E-state index in [0.717, 1.165) is 17.0 Å². The summed E-state index contributed by atoms with van der Waals surface area (Å²) >= 11 is 0. The normalized spacial score (nSPS) is 10.1. The van der Waals surface area contributed by atoms with E-state index in [1.54, 1.807) is 25.1 Å². The van der Waals surface area contributed by atoms with Crippen molar-refractivity contribution in [1.29, 1.82) is 0 Å². The first-order valence-corrected chi connectivity index (χ1v) is 5.07. The Balaban J connectivity index is 2.37. The average molecular weight is 215 g/mol. The summed E-state index contributed by atoms with van der Waals surface area (Å²) in [6.45, 7) is 1.54. The maximum Gasteiger partial charge on any atom is 0.223 e. The molecule has 0 aliphatic carbocycles. The molecule has 1 amide bonds. The van der Waals surface area contributed by atoms with Crippen molar-refractivity contribution < 1.29 is 9.21 Å². The Morgan fingerprint density at radius 1 is 1.25 bits per heavy atom. The van der Waals surface area contributed by atoms with Gasteiger partial charge in [-0.1, -0.05) is 12.1 Å². The van der Waals surface area contributed by atoms with E-state index in [1.807, 2.05) is 36.4 Å². The highest BCUT2D eigenvalue weighted by atomic mass is 16.3. The maximum absolute atomic E-state index is 11.2. The van der Waals surface area contributed by atoms with E-state index in [2.05, 4.69) is 0 Å². The van der Waals surface area contributed by atoms with Gasteiger partial charge in [-0.05, 0) is 24.3 Å². The van der Waals surface area contributed by atoms with Crippen LogP contribution in [0.2, 0.25) is 0 Å². The van der Waals surface area contributed by atoms with Crippen LogP contribution >= 0.6 is 0 Å². The molecule has 0 atom stereocenters. The Bertz CT molecular complexity index is 488. The molecule has 2 rings (SSSR count). The summed E-state index contributed by atoms with van der Waals surface area (Å²) in [5, 5.41) is 0. The van der Waals surface area contributed by atoms with Gasteiger partial charge in [-0.3, -0.25) is 4.79 Å². The van der Waals surface area contributed by atoms with Gasteiger partial charge >= 0.3 is 0 Å². The van der Waals surface area contributed by atoms with Gasteiger partial charge < -0.3 is 9.32 Å². The minimum absolute atomic E-state index is 0.0107. The smallest absolute Gasteiger partial charge is 0.223 e. The van der Waals surface area contributed by atoms with Crippen molar-refractivity contribution in [3.05, 3.63) is 42.7 Å². The molecule has 0 spiro atoms. The van der Waals surface area contributed by atoms with Crippen LogP contribution in [0.15, 0.2) is 47.1 Å². The van der Waals surface area contributed by atoms with Crippen LogP contribution < -0.4 is 4.90 Å². The second kappa shape index (κ2) is 4.23. The molecule has 0 radical (unpaired) electrons. The summed E-state index contributed by atoms with van der Waals surface area (Å²) in [6, 6.07) is 11.4. The molecule has 3 heteroatoms. The van der Waals surface area contributed by atoms with Crippen molar-refractivity contribution in [2.24, 2.45) is 0 Å². The first-order valence-electron chi connectivity index (χ1n) is 5.07. The second-order valence-electron chi connectivity index (χ2n) is 3.61. The number of anilines is 1. The Labute approximate surface area is 94.3 Å². The van der Waals surface area contributed by atoms with Crippen LogP contribution in [-0.4, -0.2) is 13.0 Å². The highest BCUT2D eigenvalue weighted by Crippen LogP contribution is 2.24. The van der Waals surface area contributed by atoms with E-state index in [4.69, 9.17) is 4.42 Å². The van der Waals surface area contributed by atoms with Gasteiger partial charge in [-0.15, -0.1) is 0 Å². The molecule has 1 aromatic heterocycles. The van der Waals surface area contributed by atoms with Crippen LogP contribution in [0.25, 0.3) is 11.3 Å². The molecule has 1 aromatic carbocycles. The lowest BCUT2D eigenvalue weighted by atomic mass is 10.1. The van der Waals surface area contributed by atoms with Gasteiger partial charge in [0.2, 0.25) is 5.91 Å². The predicted octanol–water partition coefficient (Wildman–Crippen LogP) is 2.93. The van der Waals surface area contributed by atoms with Gasteiger partial charge in [-0.25, -0.2) is 0 Å². The fraction of sp³-hybridized carbons (Fsp3) is 0.154. The monoisotopic (exact) mass is 215 g/mol. The fourth-order valence-corrected chi connectivity index (χ4v) is 1.49. The van der Waals surface area contributed by atoms with Gasteiger partial charge in [0.15, 0.2) is 0 Å². The number of amides is 1. The van der Waals surface area contributed by atoms with E-state index >= 15 is 0 Å². The number of hydrogen-bond donors (Lipinski definition) is 0. The van der Waals surface area contributed by atoms with Crippen molar-refractivity contribution >= 4 is 11.6 Å². The lowest BCUT2D eigenvalue weighted by Crippen LogP contribution is -2.22. The lowest BCUT2D eigenvalue weighted by Gasteiger charge is -2.15. The zero-order chi connectivity index (χ0) is 11.5. The third-order valence-electron chi connectivity index (χ3n) is 2.51. The highest BCUT2D eigenvalue weighted by molar-refractivity contribution is 5.91. The van der Waals surface area contributed by atoms with Gasteiger partial charge in [0.05, 0.1) is 6.26 Å². The molecule has 1 heterocycles. The minimum atomic E-state index is 0.0107. The zero-order valence-corrected chi connectivity index (χ0v) is 9.31. The number of nitrogens with zero attached hydrogens (tertiary/aromatic N) is 1. The topological polar surface area (TPSA) is 33.5 Å². The number of benzene rings is 1. The first kappa shape index (κ1) is 10.5. The van der Waals surface area contributed by atoms with E-state index < -0.39 is 0 Å².